The molecule has 3 heterocycles. The zero-order valence-electron chi connectivity index (χ0n) is 18.2. The van der Waals surface area contributed by atoms with E-state index >= 15 is 0 Å². The van der Waals surface area contributed by atoms with E-state index in [4.69, 9.17) is 4.98 Å². The maximum atomic E-state index is 13.5. The molecular formula is C24H31N5O. The second-order valence-electron chi connectivity index (χ2n) is 8.64. The quantitative estimate of drug-likeness (QED) is 0.629. The molecule has 0 saturated carbocycles. The summed E-state index contributed by atoms with van der Waals surface area (Å²) >= 11 is 0. The highest BCUT2D eigenvalue weighted by Gasteiger charge is 2.25. The first kappa shape index (κ1) is 20.5. The Morgan fingerprint density at radius 2 is 1.93 bits per heavy atom. The zero-order chi connectivity index (χ0) is 21.1. The molecule has 1 aromatic carbocycles. The van der Waals surface area contributed by atoms with Crippen LogP contribution >= 0.6 is 0 Å². The van der Waals surface area contributed by atoms with Crippen molar-refractivity contribution in [1.29, 1.82) is 0 Å². The van der Waals surface area contributed by atoms with E-state index in [0.29, 0.717) is 12.5 Å². The second kappa shape index (κ2) is 8.96. The molecule has 30 heavy (non-hydrogen) atoms. The topological polar surface area (TPSA) is 54.3 Å². The lowest BCUT2D eigenvalue weighted by Gasteiger charge is -2.33. The van der Waals surface area contributed by atoms with Crippen molar-refractivity contribution in [1.82, 2.24) is 24.6 Å². The van der Waals surface area contributed by atoms with E-state index in [1.165, 1.54) is 6.42 Å². The lowest BCUT2D eigenvalue weighted by molar-refractivity contribution is 0.0685. The number of benzene rings is 1. The fourth-order valence-corrected chi connectivity index (χ4v) is 4.24. The number of hydrogen-bond donors (Lipinski definition) is 0. The van der Waals surface area contributed by atoms with Crippen LogP contribution in [0.1, 0.15) is 41.0 Å². The number of likely N-dealkylation sites (tertiary alicyclic amines) is 1. The predicted molar refractivity (Wildman–Crippen MR) is 120 cm³/mol. The average molecular weight is 406 g/mol. The summed E-state index contributed by atoms with van der Waals surface area (Å²) < 4.78 is 1.92. The SMILES string of the molecule is Cc1ccnn1Cc1cc(C(=O)N2CCC(CCN(C)C)CC2)c2ccccc2n1. The lowest BCUT2D eigenvalue weighted by atomic mass is 9.93. The van der Waals surface area contributed by atoms with Crippen molar-refractivity contribution in [2.75, 3.05) is 33.7 Å². The highest BCUT2D eigenvalue weighted by molar-refractivity contribution is 6.06. The van der Waals surface area contributed by atoms with Gasteiger partial charge in [-0.2, -0.15) is 5.10 Å². The summed E-state index contributed by atoms with van der Waals surface area (Å²) in [5.41, 5.74) is 3.57. The van der Waals surface area contributed by atoms with Crippen LogP contribution in [0, 0.1) is 12.8 Å². The van der Waals surface area contributed by atoms with E-state index in [1.807, 2.05) is 52.9 Å². The van der Waals surface area contributed by atoms with Crippen LogP contribution in [-0.4, -0.2) is 64.2 Å². The molecule has 0 atom stereocenters. The van der Waals surface area contributed by atoms with Gasteiger partial charge in [-0.3, -0.25) is 14.5 Å². The van der Waals surface area contributed by atoms with E-state index in [0.717, 1.165) is 60.3 Å². The van der Waals surface area contributed by atoms with Crippen molar-refractivity contribution < 1.29 is 4.79 Å². The summed E-state index contributed by atoms with van der Waals surface area (Å²) in [6.45, 7) is 5.38. The number of carbonyl (C=O) groups excluding carboxylic acids is 1. The predicted octanol–water partition coefficient (Wildman–Crippen LogP) is 3.59. The first-order chi connectivity index (χ1) is 14.5. The van der Waals surface area contributed by atoms with Crippen LogP contribution in [0.25, 0.3) is 10.9 Å². The Kier molecular flexibility index (Phi) is 6.13. The molecular weight excluding hydrogens is 374 g/mol. The average Bonchev–Trinajstić information content (AvgIpc) is 3.16. The number of para-hydroxylation sites is 1. The number of nitrogens with zero attached hydrogens (tertiary/aromatic N) is 5. The molecule has 3 aromatic rings. The number of carbonyl (C=O) groups is 1. The summed E-state index contributed by atoms with van der Waals surface area (Å²) in [5.74, 6) is 0.835. The number of fused-ring (bicyclic) bond motifs is 1. The van der Waals surface area contributed by atoms with Crippen LogP contribution < -0.4 is 0 Å². The first-order valence-electron chi connectivity index (χ1n) is 10.8. The lowest BCUT2D eigenvalue weighted by Crippen LogP contribution is -2.39. The van der Waals surface area contributed by atoms with E-state index in [1.54, 1.807) is 6.20 Å². The van der Waals surface area contributed by atoms with Gasteiger partial charge in [0.25, 0.3) is 5.91 Å². The van der Waals surface area contributed by atoms with Crippen molar-refractivity contribution in [2.24, 2.45) is 5.92 Å². The van der Waals surface area contributed by atoms with E-state index < -0.39 is 0 Å². The number of amides is 1. The Morgan fingerprint density at radius 1 is 1.17 bits per heavy atom. The van der Waals surface area contributed by atoms with Gasteiger partial charge in [-0.1, -0.05) is 18.2 Å². The van der Waals surface area contributed by atoms with E-state index in [9.17, 15) is 4.79 Å². The molecule has 0 radical (unpaired) electrons. The molecule has 0 unspecified atom stereocenters. The van der Waals surface area contributed by atoms with E-state index in [-0.39, 0.29) is 5.91 Å². The van der Waals surface area contributed by atoms with Crippen LogP contribution in [0.2, 0.25) is 0 Å². The molecule has 158 valence electrons. The molecule has 1 saturated heterocycles. The van der Waals surface area contributed by atoms with Crippen molar-refractivity contribution in [3.05, 3.63) is 59.5 Å². The van der Waals surface area contributed by atoms with Gasteiger partial charge in [-0.05, 0) is 70.9 Å². The van der Waals surface area contributed by atoms with Gasteiger partial charge in [0.15, 0.2) is 0 Å². The number of rotatable bonds is 6. The minimum atomic E-state index is 0.123. The monoisotopic (exact) mass is 405 g/mol. The molecule has 6 heteroatoms. The summed E-state index contributed by atoms with van der Waals surface area (Å²) in [6, 6.07) is 11.9. The minimum Gasteiger partial charge on any atom is -0.339 e. The second-order valence-corrected chi connectivity index (χ2v) is 8.64. The third-order valence-electron chi connectivity index (χ3n) is 6.13. The van der Waals surface area contributed by atoms with Gasteiger partial charge in [0.2, 0.25) is 0 Å². The Morgan fingerprint density at radius 3 is 2.63 bits per heavy atom. The third kappa shape index (κ3) is 4.54. The maximum absolute atomic E-state index is 13.5. The third-order valence-corrected chi connectivity index (χ3v) is 6.13. The van der Waals surface area contributed by atoms with Crippen LogP contribution in [0.15, 0.2) is 42.6 Å². The summed E-state index contributed by atoms with van der Waals surface area (Å²) in [5, 5.41) is 5.30. The fraction of sp³-hybridized carbons (Fsp3) is 0.458. The smallest absolute Gasteiger partial charge is 0.254 e. The van der Waals surface area contributed by atoms with Gasteiger partial charge in [0.1, 0.15) is 0 Å². The zero-order valence-corrected chi connectivity index (χ0v) is 18.2. The largest absolute Gasteiger partial charge is 0.339 e. The van der Waals surface area contributed by atoms with Crippen LogP contribution in [0.4, 0.5) is 0 Å². The molecule has 2 aromatic heterocycles. The molecule has 0 spiro atoms. The molecule has 1 amide bonds. The molecule has 0 N–H and O–H groups in total. The fourth-order valence-electron chi connectivity index (χ4n) is 4.24. The van der Waals surface area contributed by atoms with Gasteiger partial charge in [-0.25, -0.2) is 0 Å². The molecule has 1 fully saturated rings. The van der Waals surface area contributed by atoms with Crippen LogP contribution in [0.5, 0.6) is 0 Å². The highest BCUT2D eigenvalue weighted by Crippen LogP contribution is 2.25. The summed E-state index contributed by atoms with van der Waals surface area (Å²) in [4.78, 5) is 22.5. The standard InChI is InChI=1S/C24H31N5O/c1-18-8-12-25-29(18)17-20-16-22(21-6-4-5-7-23(21)26-20)24(30)28-14-10-19(11-15-28)9-13-27(2)3/h4-8,12,16,19H,9-11,13-15,17H2,1-3H3. The molecule has 1 aliphatic rings. The number of hydrogen-bond acceptors (Lipinski definition) is 4. The van der Waals surface area contributed by atoms with Gasteiger partial charge >= 0.3 is 0 Å². The van der Waals surface area contributed by atoms with Crippen molar-refractivity contribution in [3.8, 4) is 0 Å². The van der Waals surface area contributed by atoms with Gasteiger partial charge in [0.05, 0.1) is 23.3 Å². The summed E-state index contributed by atoms with van der Waals surface area (Å²) in [6.07, 6.45) is 5.17. The van der Waals surface area contributed by atoms with Gasteiger partial charge < -0.3 is 9.80 Å². The molecule has 0 bridgehead atoms. The number of aryl methyl sites for hydroxylation is 1. The first-order valence-corrected chi connectivity index (χ1v) is 10.8. The Balaban J connectivity index is 1.55. The normalized spacial score (nSPS) is 15.3. The number of pyridine rings is 1. The molecule has 4 rings (SSSR count). The number of aromatic nitrogens is 3. The Bertz CT molecular complexity index is 1020. The molecule has 0 aliphatic carbocycles. The van der Waals surface area contributed by atoms with Crippen LogP contribution in [-0.2, 0) is 6.54 Å². The van der Waals surface area contributed by atoms with Gasteiger partial charge in [0, 0.05) is 30.4 Å². The Hall–Kier alpha value is -2.73. The molecule has 1 aliphatic heterocycles. The molecule has 6 nitrogen and oxygen atoms in total. The number of piperidine rings is 1. The van der Waals surface area contributed by atoms with Crippen molar-refractivity contribution >= 4 is 16.8 Å². The van der Waals surface area contributed by atoms with Gasteiger partial charge in [-0.15, -0.1) is 0 Å². The van der Waals surface area contributed by atoms with Crippen molar-refractivity contribution in [2.45, 2.75) is 32.7 Å². The maximum Gasteiger partial charge on any atom is 0.254 e. The minimum absolute atomic E-state index is 0.123. The summed E-state index contributed by atoms with van der Waals surface area (Å²) in [7, 11) is 4.24. The highest BCUT2D eigenvalue weighted by atomic mass is 16.2. The van der Waals surface area contributed by atoms with Crippen LogP contribution in [0.3, 0.4) is 0 Å². The van der Waals surface area contributed by atoms with E-state index in [2.05, 4.69) is 24.1 Å². The Labute approximate surface area is 178 Å². The van der Waals surface area contributed by atoms with Crippen molar-refractivity contribution in [3.63, 3.8) is 0 Å².